The summed E-state index contributed by atoms with van der Waals surface area (Å²) in [6, 6.07) is 2.05. The molecule has 0 radical (unpaired) electrons. The zero-order valence-corrected chi connectivity index (χ0v) is 11.9. The summed E-state index contributed by atoms with van der Waals surface area (Å²) in [5.41, 5.74) is 1.54. The lowest BCUT2D eigenvalue weighted by atomic mass is 9.92. The van der Waals surface area contributed by atoms with Gasteiger partial charge in [0, 0.05) is 31.5 Å². The molecule has 0 spiro atoms. The molecule has 0 atom stereocenters. The van der Waals surface area contributed by atoms with Crippen molar-refractivity contribution in [1.29, 1.82) is 0 Å². The Morgan fingerprint density at radius 2 is 2.11 bits per heavy atom. The van der Waals surface area contributed by atoms with Gasteiger partial charge in [0.15, 0.2) is 0 Å². The van der Waals surface area contributed by atoms with Gasteiger partial charge in [-0.25, -0.2) is 0 Å². The number of aromatic nitrogens is 2. The molecule has 4 nitrogen and oxygen atoms in total. The molecule has 0 bridgehead atoms. The number of nitrogens with one attached hydrogen (secondary N) is 1. The highest BCUT2D eigenvalue weighted by Gasteiger charge is 2.25. The largest absolute Gasteiger partial charge is 0.303 e. The molecule has 18 heavy (non-hydrogen) atoms. The van der Waals surface area contributed by atoms with Gasteiger partial charge in [-0.1, -0.05) is 13.8 Å². The van der Waals surface area contributed by atoms with Crippen LogP contribution in [0.4, 0.5) is 0 Å². The van der Waals surface area contributed by atoms with E-state index in [0.717, 1.165) is 13.1 Å². The summed E-state index contributed by atoms with van der Waals surface area (Å²) >= 11 is 0. The SMILES string of the molecule is CN(Cc1ccn[nH]1)CC(C)(C)CN1CCCC1. The van der Waals surface area contributed by atoms with E-state index in [1.807, 2.05) is 12.3 Å². The summed E-state index contributed by atoms with van der Waals surface area (Å²) in [5, 5.41) is 7.02. The summed E-state index contributed by atoms with van der Waals surface area (Å²) in [7, 11) is 2.19. The fourth-order valence-corrected chi connectivity index (χ4v) is 3.05. The topological polar surface area (TPSA) is 35.2 Å². The van der Waals surface area contributed by atoms with Crippen LogP contribution in [-0.4, -0.2) is 53.2 Å². The maximum absolute atomic E-state index is 3.99. The Balaban J connectivity index is 1.78. The van der Waals surface area contributed by atoms with Crippen LogP contribution in [0.1, 0.15) is 32.4 Å². The minimum absolute atomic E-state index is 0.346. The number of aromatic amines is 1. The van der Waals surface area contributed by atoms with Gasteiger partial charge in [0.2, 0.25) is 0 Å². The van der Waals surface area contributed by atoms with Crippen LogP contribution in [0.2, 0.25) is 0 Å². The first-order chi connectivity index (χ1) is 8.55. The van der Waals surface area contributed by atoms with Gasteiger partial charge in [-0.3, -0.25) is 10.00 Å². The lowest BCUT2D eigenvalue weighted by Gasteiger charge is -2.33. The molecule has 1 fully saturated rings. The predicted octanol–water partition coefficient (Wildman–Crippen LogP) is 1.96. The average molecular weight is 250 g/mol. The Kier molecular flexibility index (Phi) is 4.40. The lowest BCUT2D eigenvalue weighted by molar-refractivity contribution is 0.145. The molecule has 1 aromatic rings. The second-order valence-corrected chi connectivity index (χ2v) is 6.40. The Morgan fingerprint density at radius 3 is 2.72 bits per heavy atom. The molecule has 2 rings (SSSR count). The highest BCUT2D eigenvalue weighted by molar-refractivity contribution is 4.97. The van der Waals surface area contributed by atoms with E-state index in [1.54, 1.807) is 0 Å². The molecule has 1 saturated heterocycles. The lowest BCUT2D eigenvalue weighted by Crippen LogP contribution is -2.40. The Hall–Kier alpha value is -0.870. The fraction of sp³-hybridized carbons (Fsp3) is 0.786. The van der Waals surface area contributed by atoms with Crippen molar-refractivity contribution in [2.24, 2.45) is 5.41 Å². The summed E-state index contributed by atoms with van der Waals surface area (Å²) in [4.78, 5) is 4.98. The smallest absolute Gasteiger partial charge is 0.0492 e. The zero-order chi connectivity index (χ0) is 13.0. The van der Waals surface area contributed by atoms with E-state index in [1.165, 1.54) is 38.2 Å². The molecule has 0 saturated carbocycles. The molecule has 0 aliphatic carbocycles. The molecule has 0 aromatic carbocycles. The first kappa shape index (κ1) is 13.6. The van der Waals surface area contributed by atoms with Gasteiger partial charge in [-0.2, -0.15) is 5.10 Å². The third-order valence-electron chi connectivity index (χ3n) is 3.55. The highest BCUT2D eigenvalue weighted by atomic mass is 15.2. The number of nitrogens with zero attached hydrogens (tertiary/aromatic N) is 3. The van der Waals surface area contributed by atoms with Crippen molar-refractivity contribution in [2.45, 2.75) is 33.2 Å². The molecule has 2 heterocycles. The monoisotopic (exact) mass is 250 g/mol. The minimum atomic E-state index is 0.346. The number of hydrogen-bond acceptors (Lipinski definition) is 3. The van der Waals surface area contributed by atoms with Crippen LogP contribution in [0.5, 0.6) is 0 Å². The van der Waals surface area contributed by atoms with Crippen molar-refractivity contribution in [1.82, 2.24) is 20.0 Å². The average Bonchev–Trinajstić information content (AvgIpc) is 2.88. The maximum Gasteiger partial charge on any atom is 0.0492 e. The Morgan fingerprint density at radius 1 is 1.39 bits per heavy atom. The second kappa shape index (κ2) is 5.85. The zero-order valence-electron chi connectivity index (χ0n) is 11.9. The molecule has 0 amide bonds. The van der Waals surface area contributed by atoms with E-state index in [-0.39, 0.29) is 0 Å². The molecule has 4 heteroatoms. The first-order valence-electron chi connectivity index (χ1n) is 6.94. The van der Waals surface area contributed by atoms with Crippen molar-refractivity contribution >= 4 is 0 Å². The first-order valence-corrected chi connectivity index (χ1v) is 6.94. The third kappa shape index (κ3) is 4.10. The van der Waals surface area contributed by atoms with Crippen LogP contribution in [0, 0.1) is 5.41 Å². The van der Waals surface area contributed by atoms with Crippen molar-refractivity contribution in [3.8, 4) is 0 Å². The number of likely N-dealkylation sites (tertiary alicyclic amines) is 1. The van der Waals surface area contributed by atoms with E-state index < -0.39 is 0 Å². The van der Waals surface area contributed by atoms with Crippen LogP contribution < -0.4 is 0 Å². The molecule has 1 aromatic heterocycles. The fourth-order valence-electron chi connectivity index (χ4n) is 3.05. The van der Waals surface area contributed by atoms with Crippen LogP contribution in [-0.2, 0) is 6.54 Å². The molecule has 1 aliphatic rings. The summed E-state index contributed by atoms with van der Waals surface area (Å²) in [6.07, 6.45) is 4.57. The summed E-state index contributed by atoms with van der Waals surface area (Å²) in [5.74, 6) is 0. The van der Waals surface area contributed by atoms with Crippen LogP contribution in [0.25, 0.3) is 0 Å². The number of H-pyrrole nitrogens is 1. The highest BCUT2D eigenvalue weighted by Crippen LogP contribution is 2.21. The van der Waals surface area contributed by atoms with Crippen LogP contribution in [0.3, 0.4) is 0 Å². The predicted molar refractivity (Wildman–Crippen MR) is 74.4 cm³/mol. The van der Waals surface area contributed by atoms with Gasteiger partial charge in [0.05, 0.1) is 0 Å². The molecule has 102 valence electrons. The van der Waals surface area contributed by atoms with Gasteiger partial charge >= 0.3 is 0 Å². The molecule has 0 unspecified atom stereocenters. The van der Waals surface area contributed by atoms with Crippen molar-refractivity contribution in [3.05, 3.63) is 18.0 Å². The van der Waals surface area contributed by atoms with E-state index in [4.69, 9.17) is 0 Å². The van der Waals surface area contributed by atoms with Gasteiger partial charge in [0.25, 0.3) is 0 Å². The van der Waals surface area contributed by atoms with Gasteiger partial charge in [-0.05, 0) is 44.5 Å². The van der Waals surface area contributed by atoms with Gasteiger partial charge in [-0.15, -0.1) is 0 Å². The summed E-state index contributed by atoms with van der Waals surface area (Å²) in [6.45, 7) is 10.6. The van der Waals surface area contributed by atoms with Crippen LogP contribution in [0.15, 0.2) is 12.3 Å². The normalized spacial score (nSPS) is 17.8. The van der Waals surface area contributed by atoms with Gasteiger partial charge < -0.3 is 4.90 Å². The van der Waals surface area contributed by atoms with E-state index in [9.17, 15) is 0 Å². The van der Waals surface area contributed by atoms with Crippen molar-refractivity contribution < 1.29 is 0 Å². The molecule has 1 N–H and O–H groups in total. The van der Waals surface area contributed by atoms with E-state index in [0.29, 0.717) is 5.41 Å². The second-order valence-electron chi connectivity index (χ2n) is 6.40. The molecular formula is C14H26N4. The summed E-state index contributed by atoms with van der Waals surface area (Å²) < 4.78 is 0. The van der Waals surface area contributed by atoms with Crippen LogP contribution >= 0.6 is 0 Å². The molecular weight excluding hydrogens is 224 g/mol. The van der Waals surface area contributed by atoms with Crippen molar-refractivity contribution in [3.63, 3.8) is 0 Å². The van der Waals surface area contributed by atoms with E-state index in [2.05, 4.69) is 40.9 Å². The number of rotatable bonds is 6. The standard InChI is InChI=1S/C14H26N4/c1-14(2,12-18-8-4-5-9-18)11-17(3)10-13-6-7-15-16-13/h6-7H,4-5,8-12H2,1-3H3,(H,15,16). The Bertz CT molecular complexity index is 339. The quantitative estimate of drug-likeness (QED) is 0.838. The third-order valence-corrected chi connectivity index (χ3v) is 3.55. The van der Waals surface area contributed by atoms with E-state index >= 15 is 0 Å². The number of hydrogen-bond donors (Lipinski definition) is 1. The van der Waals surface area contributed by atoms with Gasteiger partial charge in [0.1, 0.15) is 0 Å². The van der Waals surface area contributed by atoms with Crippen molar-refractivity contribution in [2.75, 3.05) is 33.2 Å². The Labute approximate surface area is 110 Å². The maximum atomic E-state index is 3.99. The molecule has 1 aliphatic heterocycles. The minimum Gasteiger partial charge on any atom is -0.303 e.